The molecule has 1 aliphatic heterocycles. The van der Waals surface area contributed by atoms with Crippen LogP contribution in [0.4, 0.5) is 0 Å². The van der Waals surface area contributed by atoms with E-state index in [1.165, 1.54) is 6.07 Å². The number of hydrogen-bond donors (Lipinski definition) is 0. The summed E-state index contributed by atoms with van der Waals surface area (Å²) < 4.78 is 26.9. The van der Waals surface area contributed by atoms with Crippen molar-refractivity contribution in [2.75, 3.05) is 0 Å². The molecule has 1 aromatic rings. The van der Waals surface area contributed by atoms with Crippen LogP contribution in [0.2, 0.25) is 0 Å². The third kappa shape index (κ3) is 1.38. The van der Waals surface area contributed by atoms with Crippen molar-refractivity contribution in [3.63, 3.8) is 0 Å². The lowest BCUT2D eigenvalue weighted by Gasteiger charge is -1.98. The van der Waals surface area contributed by atoms with Crippen molar-refractivity contribution in [3.05, 3.63) is 27.3 Å². The average molecular weight is 328 g/mol. The van der Waals surface area contributed by atoms with E-state index in [-0.39, 0.29) is 10.1 Å². The highest BCUT2D eigenvalue weighted by Gasteiger charge is 2.29. The second-order valence-corrected chi connectivity index (χ2v) is 5.56. The highest BCUT2D eigenvalue weighted by molar-refractivity contribution is 14.1. The van der Waals surface area contributed by atoms with Gasteiger partial charge in [0.1, 0.15) is 4.90 Å². The summed E-state index contributed by atoms with van der Waals surface area (Å²) in [5.41, 5.74) is 0.518. The van der Waals surface area contributed by atoms with Crippen molar-refractivity contribution in [2.24, 2.45) is 4.40 Å². The van der Waals surface area contributed by atoms with Gasteiger partial charge < -0.3 is 0 Å². The van der Waals surface area contributed by atoms with Crippen molar-refractivity contribution in [1.82, 2.24) is 0 Å². The number of fused-ring (bicyclic) bond motifs is 1. The number of hydrogen-bond acceptors (Lipinski definition) is 2. The van der Waals surface area contributed by atoms with Gasteiger partial charge >= 0.3 is 0 Å². The molecule has 2 rings (SSSR count). The van der Waals surface area contributed by atoms with Gasteiger partial charge in [-0.1, -0.05) is 17.7 Å². The zero-order valence-corrected chi connectivity index (χ0v) is 9.89. The molecule has 0 saturated carbocycles. The standard InChI is InChI=1S/C7H3ClINO2S/c8-7-6-4(9)2-1-3-5(6)13(11,12)10-7/h1-3H. The van der Waals surface area contributed by atoms with Gasteiger partial charge in [0.2, 0.25) is 0 Å². The molecule has 1 aromatic carbocycles. The van der Waals surface area contributed by atoms with Crippen LogP contribution in [0.25, 0.3) is 0 Å². The predicted octanol–water partition coefficient (Wildman–Crippen LogP) is 1.98. The van der Waals surface area contributed by atoms with Crippen LogP contribution in [0.1, 0.15) is 5.56 Å². The molecule has 0 aliphatic carbocycles. The van der Waals surface area contributed by atoms with E-state index in [4.69, 9.17) is 11.6 Å². The lowest BCUT2D eigenvalue weighted by Crippen LogP contribution is -1.95. The van der Waals surface area contributed by atoms with Gasteiger partial charge in [-0.2, -0.15) is 8.42 Å². The molecule has 1 heterocycles. The number of nitrogens with zero attached hydrogens (tertiary/aromatic N) is 1. The topological polar surface area (TPSA) is 46.5 Å². The van der Waals surface area contributed by atoms with E-state index in [2.05, 4.69) is 4.40 Å². The molecular weight excluding hydrogens is 325 g/mol. The van der Waals surface area contributed by atoms with Crippen LogP contribution in [0, 0.1) is 3.57 Å². The molecule has 0 spiro atoms. The number of benzene rings is 1. The fourth-order valence-corrected chi connectivity index (χ4v) is 3.86. The van der Waals surface area contributed by atoms with Gasteiger partial charge in [0.25, 0.3) is 10.0 Å². The monoisotopic (exact) mass is 327 g/mol. The van der Waals surface area contributed by atoms with Crippen molar-refractivity contribution in [3.8, 4) is 0 Å². The van der Waals surface area contributed by atoms with E-state index in [1.807, 2.05) is 22.6 Å². The first kappa shape index (κ1) is 9.42. The Kier molecular flexibility index (Phi) is 2.12. The third-order valence-corrected chi connectivity index (χ3v) is 4.25. The Hall–Kier alpha value is -0.140. The maximum Gasteiger partial charge on any atom is 0.284 e. The molecular formula is C7H3ClINO2S. The first-order valence-corrected chi connectivity index (χ1v) is 6.21. The van der Waals surface area contributed by atoms with E-state index in [0.717, 1.165) is 3.57 Å². The maximum absolute atomic E-state index is 11.3. The quantitative estimate of drug-likeness (QED) is 0.684. The Morgan fingerprint density at radius 3 is 2.69 bits per heavy atom. The molecule has 0 fully saturated rings. The summed E-state index contributed by atoms with van der Waals surface area (Å²) in [6.45, 7) is 0. The first-order chi connectivity index (χ1) is 6.02. The minimum Gasteiger partial charge on any atom is -0.199 e. The van der Waals surface area contributed by atoms with Crippen molar-refractivity contribution < 1.29 is 8.42 Å². The molecule has 3 nitrogen and oxygen atoms in total. The Morgan fingerprint density at radius 1 is 1.38 bits per heavy atom. The summed E-state index contributed by atoms with van der Waals surface area (Å²) in [6.07, 6.45) is 0. The Morgan fingerprint density at radius 2 is 2.08 bits per heavy atom. The van der Waals surface area contributed by atoms with Crippen LogP contribution in [-0.4, -0.2) is 13.6 Å². The molecule has 6 heteroatoms. The molecule has 0 atom stereocenters. The number of rotatable bonds is 0. The molecule has 0 bridgehead atoms. The summed E-state index contributed by atoms with van der Waals surface area (Å²) in [5.74, 6) is 0. The van der Waals surface area contributed by atoms with Crippen molar-refractivity contribution >= 4 is 49.4 Å². The van der Waals surface area contributed by atoms with Crippen LogP contribution in [0.5, 0.6) is 0 Å². The Balaban J connectivity index is 2.90. The van der Waals surface area contributed by atoms with Gasteiger partial charge in [-0.05, 0) is 34.7 Å². The molecule has 0 amide bonds. The Bertz CT molecular complexity index is 509. The predicted molar refractivity (Wildman–Crippen MR) is 58.7 cm³/mol. The van der Waals surface area contributed by atoms with Gasteiger partial charge in [0.15, 0.2) is 5.17 Å². The summed E-state index contributed by atoms with van der Waals surface area (Å²) in [7, 11) is -3.53. The first-order valence-electron chi connectivity index (χ1n) is 3.32. The maximum atomic E-state index is 11.3. The van der Waals surface area contributed by atoms with E-state index < -0.39 is 10.0 Å². The number of sulfonamides is 1. The van der Waals surface area contributed by atoms with Gasteiger partial charge in [0, 0.05) is 9.13 Å². The zero-order chi connectivity index (χ0) is 9.64. The smallest absolute Gasteiger partial charge is 0.199 e. The zero-order valence-electron chi connectivity index (χ0n) is 6.16. The van der Waals surface area contributed by atoms with E-state index in [1.54, 1.807) is 12.1 Å². The average Bonchev–Trinajstić information content (AvgIpc) is 2.24. The van der Waals surface area contributed by atoms with Crippen molar-refractivity contribution in [1.29, 1.82) is 0 Å². The highest BCUT2D eigenvalue weighted by Crippen LogP contribution is 2.30. The fraction of sp³-hybridized carbons (Fsp3) is 0. The van der Waals surface area contributed by atoms with E-state index >= 15 is 0 Å². The van der Waals surface area contributed by atoms with Crippen LogP contribution in [0.15, 0.2) is 27.5 Å². The Labute approximate surface area is 94.0 Å². The minimum absolute atomic E-state index is 0.0556. The molecule has 0 N–H and O–H groups in total. The van der Waals surface area contributed by atoms with Gasteiger partial charge in [0.05, 0.1) is 0 Å². The lowest BCUT2D eigenvalue weighted by molar-refractivity contribution is 0.599. The molecule has 0 saturated heterocycles. The van der Waals surface area contributed by atoms with Crippen molar-refractivity contribution in [2.45, 2.75) is 4.90 Å². The SMILES string of the molecule is O=S1(=O)N=C(Cl)c2c(I)cccc21. The van der Waals surface area contributed by atoms with Gasteiger partial charge in [-0.15, -0.1) is 4.40 Å². The summed E-state index contributed by atoms with van der Waals surface area (Å²) in [5, 5.41) is 0.0556. The van der Waals surface area contributed by atoms with Crippen LogP contribution >= 0.6 is 34.2 Å². The molecule has 0 radical (unpaired) electrons. The van der Waals surface area contributed by atoms with E-state index in [9.17, 15) is 8.42 Å². The third-order valence-electron chi connectivity index (χ3n) is 1.66. The number of halogens is 2. The summed E-state index contributed by atoms with van der Waals surface area (Å²) in [6, 6.07) is 4.97. The fourth-order valence-electron chi connectivity index (χ4n) is 1.12. The lowest BCUT2D eigenvalue weighted by atomic mass is 10.2. The van der Waals surface area contributed by atoms with Crippen LogP contribution in [0.3, 0.4) is 0 Å². The summed E-state index contributed by atoms with van der Waals surface area (Å²) >= 11 is 7.73. The minimum atomic E-state index is -3.53. The van der Waals surface area contributed by atoms with Crippen LogP contribution in [-0.2, 0) is 10.0 Å². The molecule has 1 aliphatic rings. The molecule has 13 heavy (non-hydrogen) atoms. The second kappa shape index (κ2) is 2.93. The van der Waals surface area contributed by atoms with E-state index in [0.29, 0.717) is 5.56 Å². The summed E-state index contributed by atoms with van der Waals surface area (Å²) in [4.78, 5) is 0.199. The van der Waals surface area contributed by atoms with Gasteiger partial charge in [-0.3, -0.25) is 0 Å². The largest absolute Gasteiger partial charge is 0.284 e. The second-order valence-electron chi connectivity index (χ2n) is 2.47. The molecule has 0 aromatic heterocycles. The van der Waals surface area contributed by atoms with Crippen LogP contribution < -0.4 is 0 Å². The van der Waals surface area contributed by atoms with Gasteiger partial charge in [-0.25, -0.2) is 0 Å². The molecule has 68 valence electrons. The molecule has 0 unspecified atom stereocenters. The normalized spacial score (nSPS) is 18.2. The highest BCUT2D eigenvalue weighted by atomic mass is 127.